The maximum atomic E-state index is 11.7. The molecule has 1 saturated heterocycles. The third-order valence-electron chi connectivity index (χ3n) is 2.26. The van der Waals surface area contributed by atoms with Crippen LogP contribution in [0.4, 0.5) is 0 Å². The zero-order chi connectivity index (χ0) is 11.0. The molecule has 1 amide bonds. The minimum absolute atomic E-state index is 0.0761. The van der Waals surface area contributed by atoms with Gasteiger partial charge in [-0.1, -0.05) is 0 Å². The first kappa shape index (κ1) is 10.3. The van der Waals surface area contributed by atoms with Gasteiger partial charge in [-0.05, 0) is 42.2 Å². The maximum absolute atomic E-state index is 11.7. The van der Waals surface area contributed by atoms with E-state index >= 15 is 0 Å². The van der Waals surface area contributed by atoms with Crippen LogP contribution in [0.2, 0.25) is 0 Å². The van der Waals surface area contributed by atoms with E-state index in [0.717, 1.165) is 4.88 Å². The van der Waals surface area contributed by atoms with Gasteiger partial charge < -0.3 is 5.32 Å². The summed E-state index contributed by atoms with van der Waals surface area (Å²) >= 11 is 6.59. The van der Waals surface area contributed by atoms with Gasteiger partial charge in [-0.25, -0.2) is 0 Å². The topological polar surface area (TPSA) is 32.3 Å². The fourth-order valence-corrected chi connectivity index (χ4v) is 2.34. The lowest BCUT2D eigenvalue weighted by Gasteiger charge is -2.02. The molecule has 1 fully saturated rings. The summed E-state index contributed by atoms with van der Waals surface area (Å²) in [6.07, 6.45) is 1.85. The van der Waals surface area contributed by atoms with Gasteiger partial charge in [-0.15, -0.1) is 11.3 Å². The lowest BCUT2D eigenvalue weighted by Crippen LogP contribution is -2.25. The van der Waals surface area contributed by atoms with Crippen molar-refractivity contribution in [2.75, 3.05) is 7.05 Å². The number of thiophene rings is 1. The minimum Gasteiger partial charge on any atom is -0.328 e. The van der Waals surface area contributed by atoms with Gasteiger partial charge in [-0.2, -0.15) is 0 Å². The zero-order valence-electron chi connectivity index (χ0n) is 8.40. The van der Waals surface area contributed by atoms with Crippen molar-refractivity contribution in [3.63, 3.8) is 0 Å². The lowest BCUT2D eigenvalue weighted by atomic mass is 10.2. The number of rotatable bonds is 1. The van der Waals surface area contributed by atoms with Crippen molar-refractivity contribution in [3.05, 3.63) is 27.6 Å². The molecule has 0 radical (unpaired) electrons. The van der Waals surface area contributed by atoms with Crippen molar-refractivity contribution >= 4 is 40.7 Å². The van der Waals surface area contributed by atoms with E-state index in [1.54, 1.807) is 18.4 Å². The van der Waals surface area contributed by atoms with E-state index in [1.807, 2.05) is 24.4 Å². The van der Waals surface area contributed by atoms with Crippen molar-refractivity contribution in [1.82, 2.24) is 10.2 Å². The van der Waals surface area contributed by atoms with Crippen LogP contribution >= 0.6 is 23.6 Å². The third-order valence-corrected chi connectivity index (χ3v) is 3.60. The lowest BCUT2D eigenvalue weighted by molar-refractivity contribution is -0.121. The molecule has 78 valence electrons. The van der Waals surface area contributed by atoms with Crippen LogP contribution in [-0.4, -0.2) is 23.0 Å². The molecule has 1 aromatic heterocycles. The molecule has 2 heterocycles. The number of likely N-dealkylation sites (N-methyl/N-ethyl adjacent to an activating group) is 1. The largest absolute Gasteiger partial charge is 0.328 e. The monoisotopic (exact) mass is 238 g/mol. The quantitative estimate of drug-likeness (QED) is 0.597. The van der Waals surface area contributed by atoms with E-state index in [9.17, 15) is 4.79 Å². The zero-order valence-corrected chi connectivity index (χ0v) is 10.0. The first-order chi connectivity index (χ1) is 7.09. The number of carbonyl (C=O) groups is 1. The van der Waals surface area contributed by atoms with Gasteiger partial charge in [0.2, 0.25) is 0 Å². The van der Waals surface area contributed by atoms with Gasteiger partial charge >= 0.3 is 0 Å². The molecule has 0 saturated carbocycles. The van der Waals surface area contributed by atoms with Crippen LogP contribution in [0.3, 0.4) is 0 Å². The average Bonchev–Trinajstić information content (AvgIpc) is 2.69. The second-order valence-electron chi connectivity index (χ2n) is 3.32. The van der Waals surface area contributed by atoms with Gasteiger partial charge in [0.1, 0.15) is 5.70 Å². The van der Waals surface area contributed by atoms with Crippen LogP contribution in [0.1, 0.15) is 10.4 Å². The Bertz CT molecular complexity index is 462. The first-order valence-corrected chi connectivity index (χ1v) is 5.73. The van der Waals surface area contributed by atoms with Gasteiger partial charge in [-0.3, -0.25) is 9.69 Å². The van der Waals surface area contributed by atoms with E-state index < -0.39 is 0 Å². The summed E-state index contributed by atoms with van der Waals surface area (Å²) in [4.78, 5) is 14.2. The van der Waals surface area contributed by atoms with Crippen molar-refractivity contribution in [3.8, 4) is 0 Å². The summed E-state index contributed by atoms with van der Waals surface area (Å²) in [5.74, 6) is -0.0761. The third kappa shape index (κ3) is 1.80. The second kappa shape index (κ2) is 3.75. The average molecular weight is 238 g/mol. The minimum atomic E-state index is -0.0761. The van der Waals surface area contributed by atoms with E-state index in [0.29, 0.717) is 10.8 Å². The number of nitrogens with zero attached hydrogens (tertiary/aromatic N) is 1. The Morgan fingerprint density at radius 3 is 2.80 bits per heavy atom. The molecular formula is C10H10N2OS2. The predicted octanol–water partition coefficient (Wildman–Crippen LogP) is 1.74. The van der Waals surface area contributed by atoms with Crippen LogP contribution in [0, 0.1) is 6.92 Å². The molecule has 0 unspecified atom stereocenters. The van der Waals surface area contributed by atoms with Gasteiger partial charge in [0, 0.05) is 11.9 Å². The molecule has 1 aliphatic heterocycles. The highest BCUT2D eigenvalue weighted by atomic mass is 32.1. The number of aryl methyl sites for hydroxylation is 1. The van der Waals surface area contributed by atoms with E-state index in [4.69, 9.17) is 12.2 Å². The molecule has 1 N–H and O–H groups in total. The summed E-state index contributed by atoms with van der Waals surface area (Å²) in [6, 6.07) is 2.03. The van der Waals surface area contributed by atoms with Gasteiger partial charge in [0.25, 0.3) is 5.91 Å². The van der Waals surface area contributed by atoms with Crippen molar-refractivity contribution < 1.29 is 4.79 Å². The highest BCUT2D eigenvalue weighted by Gasteiger charge is 2.27. The van der Waals surface area contributed by atoms with E-state index in [2.05, 4.69) is 5.32 Å². The Labute approximate surface area is 97.4 Å². The molecule has 0 spiro atoms. The summed E-state index contributed by atoms with van der Waals surface area (Å²) in [5.41, 5.74) is 1.72. The fraction of sp³-hybridized carbons (Fsp3) is 0.200. The molecule has 1 aliphatic rings. The maximum Gasteiger partial charge on any atom is 0.276 e. The highest BCUT2D eigenvalue weighted by Crippen LogP contribution is 2.20. The first-order valence-electron chi connectivity index (χ1n) is 4.44. The molecular weight excluding hydrogens is 228 g/mol. The molecule has 5 heteroatoms. The van der Waals surface area contributed by atoms with Crippen LogP contribution in [-0.2, 0) is 4.79 Å². The normalized spacial score (nSPS) is 18.8. The number of thiocarbonyl (C=S) groups is 1. The number of hydrogen-bond acceptors (Lipinski definition) is 3. The number of hydrogen-bond donors (Lipinski definition) is 1. The van der Waals surface area contributed by atoms with Crippen molar-refractivity contribution in [2.24, 2.45) is 0 Å². The predicted molar refractivity (Wildman–Crippen MR) is 65.5 cm³/mol. The van der Waals surface area contributed by atoms with Gasteiger partial charge in [0.15, 0.2) is 5.11 Å². The Hall–Kier alpha value is -1.20. The smallest absolute Gasteiger partial charge is 0.276 e. The SMILES string of the molecule is Cc1ccsc1/C=C1/NC(=S)N(C)C1=O. The summed E-state index contributed by atoms with van der Waals surface area (Å²) in [6.45, 7) is 2.02. The molecule has 1 aromatic rings. The number of amides is 1. The van der Waals surface area contributed by atoms with Crippen LogP contribution in [0.25, 0.3) is 6.08 Å². The summed E-state index contributed by atoms with van der Waals surface area (Å²) in [5, 5.41) is 5.36. The summed E-state index contributed by atoms with van der Waals surface area (Å²) in [7, 11) is 1.67. The molecule has 0 bridgehead atoms. The van der Waals surface area contributed by atoms with Gasteiger partial charge in [0.05, 0.1) is 0 Å². The van der Waals surface area contributed by atoms with Crippen LogP contribution in [0.5, 0.6) is 0 Å². The van der Waals surface area contributed by atoms with E-state index in [-0.39, 0.29) is 5.91 Å². The highest BCUT2D eigenvalue weighted by molar-refractivity contribution is 7.80. The standard InChI is InChI=1S/C10H10N2OS2/c1-6-3-4-15-8(6)5-7-9(13)12(2)10(14)11-7/h3-5H,1-2H3,(H,11,14)/b7-5+. The van der Waals surface area contributed by atoms with Crippen molar-refractivity contribution in [1.29, 1.82) is 0 Å². The Morgan fingerprint density at radius 1 is 1.60 bits per heavy atom. The Morgan fingerprint density at radius 2 is 2.33 bits per heavy atom. The molecule has 2 rings (SSSR count). The molecule has 0 atom stereocenters. The van der Waals surface area contributed by atoms with Crippen LogP contribution in [0.15, 0.2) is 17.1 Å². The van der Waals surface area contributed by atoms with E-state index in [1.165, 1.54) is 10.5 Å². The van der Waals surface area contributed by atoms with Crippen molar-refractivity contribution in [2.45, 2.75) is 6.92 Å². The Kier molecular flexibility index (Phi) is 2.58. The molecule has 3 nitrogen and oxygen atoms in total. The van der Waals surface area contributed by atoms with Crippen LogP contribution < -0.4 is 5.32 Å². The molecule has 0 aliphatic carbocycles. The molecule has 0 aromatic carbocycles. The number of carbonyl (C=O) groups excluding carboxylic acids is 1. The Balaban J connectivity index is 2.34. The summed E-state index contributed by atoms with van der Waals surface area (Å²) < 4.78 is 0. The number of nitrogens with one attached hydrogen (secondary N) is 1. The fourth-order valence-electron chi connectivity index (χ4n) is 1.29. The second-order valence-corrected chi connectivity index (χ2v) is 4.65. The molecule has 15 heavy (non-hydrogen) atoms.